The zero-order valence-electron chi connectivity index (χ0n) is 12.0. The van der Waals surface area contributed by atoms with Gasteiger partial charge in [-0.25, -0.2) is 4.39 Å². The van der Waals surface area contributed by atoms with E-state index in [0.29, 0.717) is 12.1 Å². The van der Waals surface area contributed by atoms with Crippen molar-refractivity contribution < 1.29 is 9.18 Å². The standard InChI is InChI=1S/C15H23FN2O/c1-4-18(10-6-9-17(2)3)12-15(19)13-7-5-8-14(16)11-13/h5,7-8,11H,4,6,9-10,12H2,1-3H3. The summed E-state index contributed by atoms with van der Waals surface area (Å²) in [7, 11) is 4.07. The van der Waals surface area contributed by atoms with Gasteiger partial charge in [0.2, 0.25) is 0 Å². The lowest BCUT2D eigenvalue weighted by Crippen LogP contribution is -2.32. The van der Waals surface area contributed by atoms with Gasteiger partial charge < -0.3 is 4.90 Å². The first-order chi connectivity index (χ1) is 9.02. The van der Waals surface area contributed by atoms with Gasteiger partial charge in [0.15, 0.2) is 5.78 Å². The average molecular weight is 266 g/mol. The van der Waals surface area contributed by atoms with E-state index in [9.17, 15) is 9.18 Å². The monoisotopic (exact) mass is 266 g/mol. The van der Waals surface area contributed by atoms with Gasteiger partial charge in [-0.3, -0.25) is 9.69 Å². The van der Waals surface area contributed by atoms with Crippen LogP contribution >= 0.6 is 0 Å². The molecule has 1 rings (SSSR count). The van der Waals surface area contributed by atoms with Crippen molar-refractivity contribution in [2.24, 2.45) is 0 Å². The van der Waals surface area contributed by atoms with E-state index < -0.39 is 0 Å². The van der Waals surface area contributed by atoms with Crippen molar-refractivity contribution in [3.63, 3.8) is 0 Å². The van der Waals surface area contributed by atoms with E-state index in [1.54, 1.807) is 12.1 Å². The number of hydrogen-bond acceptors (Lipinski definition) is 3. The minimum Gasteiger partial charge on any atom is -0.309 e. The molecule has 0 aliphatic carbocycles. The van der Waals surface area contributed by atoms with Gasteiger partial charge in [-0.2, -0.15) is 0 Å². The molecular weight excluding hydrogens is 243 g/mol. The molecule has 1 aromatic rings. The van der Waals surface area contributed by atoms with Crippen molar-refractivity contribution in [1.82, 2.24) is 9.80 Å². The number of hydrogen-bond donors (Lipinski definition) is 0. The predicted octanol–water partition coefficient (Wildman–Crippen LogP) is 2.28. The zero-order chi connectivity index (χ0) is 14.3. The van der Waals surface area contributed by atoms with Crippen LogP contribution in [-0.2, 0) is 0 Å². The fourth-order valence-corrected chi connectivity index (χ4v) is 1.92. The van der Waals surface area contributed by atoms with Gasteiger partial charge in [0.05, 0.1) is 6.54 Å². The molecule has 0 heterocycles. The Morgan fingerprint density at radius 3 is 2.58 bits per heavy atom. The van der Waals surface area contributed by atoms with Crippen molar-refractivity contribution in [3.05, 3.63) is 35.6 Å². The summed E-state index contributed by atoms with van der Waals surface area (Å²) >= 11 is 0. The van der Waals surface area contributed by atoms with E-state index in [1.807, 2.05) is 21.0 Å². The van der Waals surface area contributed by atoms with Crippen LogP contribution in [-0.4, -0.2) is 55.9 Å². The number of rotatable bonds is 8. The van der Waals surface area contributed by atoms with E-state index in [0.717, 1.165) is 26.1 Å². The molecular formula is C15H23FN2O. The van der Waals surface area contributed by atoms with E-state index in [4.69, 9.17) is 0 Å². The Morgan fingerprint density at radius 2 is 2.00 bits per heavy atom. The number of carbonyl (C=O) groups excluding carboxylic acids is 1. The van der Waals surface area contributed by atoms with Gasteiger partial charge in [0.1, 0.15) is 5.82 Å². The lowest BCUT2D eigenvalue weighted by atomic mass is 10.1. The summed E-state index contributed by atoms with van der Waals surface area (Å²) in [5.74, 6) is -0.382. The predicted molar refractivity (Wildman–Crippen MR) is 76.0 cm³/mol. The second-order valence-electron chi connectivity index (χ2n) is 4.96. The van der Waals surface area contributed by atoms with Gasteiger partial charge in [-0.1, -0.05) is 19.1 Å². The lowest BCUT2D eigenvalue weighted by molar-refractivity contribution is 0.0931. The highest BCUT2D eigenvalue weighted by atomic mass is 19.1. The first-order valence-corrected chi connectivity index (χ1v) is 6.68. The van der Waals surface area contributed by atoms with Crippen LogP contribution in [0.15, 0.2) is 24.3 Å². The molecule has 1 aromatic carbocycles. The molecule has 3 nitrogen and oxygen atoms in total. The van der Waals surface area contributed by atoms with Crippen LogP contribution in [0, 0.1) is 5.82 Å². The highest BCUT2D eigenvalue weighted by molar-refractivity contribution is 5.97. The third-order valence-corrected chi connectivity index (χ3v) is 3.04. The Labute approximate surface area is 115 Å². The smallest absolute Gasteiger partial charge is 0.176 e. The van der Waals surface area contributed by atoms with E-state index >= 15 is 0 Å². The maximum atomic E-state index is 13.1. The number of nitrogens with zero attached hydrogens (tertiary/aromatic N) is 2. The Morgan fingerprint density at radius 1 is 1.26 bits per heavy atom. The molecule has 0 amide bonds. The van der Waals surface area contributed by atoms with Crippen LogP contribution < -0.4 is 0 Å². The third-order valence-electron chi connectivity index (χ3n) is 3.04. The van der Waals surface area contributed by atoms with E-state index in [2.05, 4.69) is 9.80 Å². The fourth-order valence-electron chi connectivity index (χ4n) is 1.92. The first kappa shape index (κ1) is 15.8. The average Bonchev–Trinajstić information content (AvgIpc) is 2.37. The van der Waals surface area contributed by atoms with Crippen molar-refractivity contribution in [1.29, 1.82) is 0 Å². The highest BCUT2D eigenvalue weighted by Crippen LogP contribution is 2.06. The van der Waals surface area contributed by atoms with Crippen LogP contribution in [0.5, 0.6) is 0 Å². The van der Waals surface area contributed by atoms with E-state index in [-0.39, 0.29) is 11.6 Å². The molecule has 4 heteroatoms. The molecule has 0 N–H and O–H groups in total. The molecule has 0 fully saturated rings. The van der Waals surface area contributed by atoms with Crippen LogP contribution in [0.3, 0.4) is 0 Å². The Hall–Kier alpha value is -1.26. The third kappa shape index (κ3) is 5.94. The lowest BCUT2D eigenvalue weighted by Gasteiger charge is -2.20. The van der Waals surface area contributed by atoms with Gasteiger partial charge in [-0.15, -0.1) is 0 Å². The fraction of sp³-hybridized carbons (Fsp3) is 0.533. The summed E-state index contributed by atoms with van der Waals surface area (Å²) < 4.78 is 13.1. The van der Waals surface area contributed by atoms with Gasteiger partial charge in [0, 0.05) is 5.56 Å². The molecule has 0 atom stereocenters. The summed E-state index contributed by atoms with van der Waals surface area (Å²) in [6.07, 6.45) is 1.03. The SMILES string of the molecule is CCN(CCCN(C)C)CC(=O)c1cccc(F)c1. The number of halogens is 1. The maximum absolute atomic E-state index is 13.1. The van der Waals surface area contributed by atoms with Crippen molar-refractivity contribution in [2.45, 2.75) is 13.3 Å². The second-order valence-corrected chi connectivity index (χ2v) is 4.96. The summed E-state index contributed by atoms with van der Waals surface area (Å²) in [6.45, 7) is 5.11. The molecule has 0 aromatic heterocycles. The molecule has 106 valence electrons. The van der Waals surface area contributed by atoms with Crippen LogP contribution in [0.25, 0.3) is 0 Å². The molecule has 0 radical (unpaired) electrons. The minimum atomic E-state index is -0.360. The zero-order valence-corrected chi connectivity index (χ0v) is 12.0. The summed E-state index contributed by atoms with van der Waals surface area (Å²) in [5, 5.41) is 0. The summed E-state index contributed by atoms with van der Waals surface area (Å²) in [6, 6.07) is 5.89. The quantitative estimate of drug-likeness (QED) is 0.674. The normalized spacial score (nSPS) is 11.3. The minimum absolute atomic E-state index is 0.0220. The van der Waals surface area contributed by atoms with E-state index in [1.165, 1.54) is 12.1 Å². The molecule has 19 heavy (non-hydrogen) atoms. The molecule has 0 unspecified atom stereocenters. The largest absolute Gasteiger partial charge is 0.309 e. The van der Waals surface area contributed by atoms with Gasteiger partial charge >= 0.3 is 0 Å². The molecule has 0 saturated heterocycles. The van der Waals surface area contributed by atoms with Gasteiger partial charge in [0.25, 0.3) is 0 Å². The van der Waals surface area contributed by atoms with Crippen molar-refractivity contribution >= 4 is 5.78 Å². The van der Waals surface area contributed by atoms with Crippen molar-refractivity contribution in [3.8, 4) is 0 Å². The Kier molecular flexibility index (Phi) is 6.67. The Bertz CT molecular complexity index is 407. The summed E-state index contributed by atoms with van der Waals surface area (Å²) in [4.78, 5) is 16.3. The number of ketones is 1. The molecule has 0 spiro atoms. The second kappa shape index (κ2) is 8.02. The highest BCUT2D eigenvalue weighted by Gasteiger charge is 2.11. The van der Waals surface area contributed by atoms with Crippen LogP contribution in [0.4, 0.5) is 4.39 Å². The number of carbonyl (C=O) groups is 1. The maximum Gasteiger partial charge on any atom is 0.176 e. The first-order valence-electron chi connectivity index (χ1n) is 6.68. The number of Topliss-reactive ketones (excluding diaryl/α,β-unsaturated/α-hetero) is 1. The number of likely N-dealkylation sites (N-methyl/N-ethyl adjacent to an activating group) is 1. The van der Waals surface area contributed by atoms with Crippen molar-refractivity contribution in [2.75, 3.05) is 40.3 Å². The Balaban J connectivity index is 2.48. The molecule has 0 bridgehead atoms. The molecule has 0 saturated carbocycles. The molecule has 0 aliphatic rings. The molecule has 0 aliphatic heterocycles. The summed E-state index contributed by atoms with van der Waals surface area (Å²) in [5.41, 5.74) is 0.450. The van der Waals surface area contributed by atoms with Crippen LogP contribution in [0.2, 0.25) is 0 Å². The topological polar surface area (TPSA) is 23.6 Å². The van der Waals surface area contributed by atoms with Crippen LogP contribution in [0.1, 0.15) is 23.7 Å². The van der Waals surface area contributed by atoms with Gasteiger partial charge in [-0.05, 0) is 52.3 Å². The number of benzene rings is 1.